The second kappa shape index (κ2) is 7.55. The number of ether oxygens (including phenoxy) is 1. The van der Waals surface area contributed by atoms with Crippen LogP contribution in [0.2, 0.25) is 0 Å². The summed E-state index contributed by atoms with van der Waals surface area (Å²) in [5.41, 5.74) is -11.6. The molecule has 0 aromatic carbocycles. The van der Waals surface area contributed by atoms with Crippen LogP contribution in [0.25, 0.3) is 0 Å². The minimum absolute atomic E-state index is 0.430. The van der Waals surface area contributed by atoms with Gasteiger partial charge in [-0.15, -0.1) is 0 Å². The summed E-state index contributed by atoms with van der Waals surface area (Å²) in [4.78, 5) is 55.4. The zero-order valence-electron chi connectivity index (χ0n) is 20.5. The molecule has 2 aliphatic heterocycles. The SMILES string of the molecule is C/C=C/C=C/C(O)=C1/C(=O)[C@@]2(C)C(=O)[C@@]3(C)O[C@@]4(O)[C@]2(O)C(=O)\C(=C(O)/C=C/C=C/C)C(=O)[C@@]4(C)C13. The van der Waals surface area contributed by atoms with E-state index in [1.54, 1.807) is 32.1 Å². The van der Waals surface area contributed by atoms with Crippen LogP contribution < -0.4 is 0 Å². The monoisotopic (exact) mass is 496 g/mol. The summed E-state index contributed by atoms with van der Waals surface area (Å²) in [6.45, 7) is 6.83. The molecule has 2 aliphatic carbocycles. The molecule has 2 saturated carbocycles. The minimum Gasteiger partial charge on any atom is -0.508 e. The maximum absolute atomic E-state index is 14.0. The molecule has 0 amide bonds. The predicted octanol–water partition coefficient (Wildman–Crippen LogP) is 2.03. The average Bonchev–Trinajstić information content (AvgIpc) is 3.00. The van der Waals surface area contributed by atoms with E-state index >= 15 is 0 Å². The highest BCUT2D eigenvalue weighted by atomic mass is 16.7. The Balaban J connectivity index is 2.18. The molecule has 6 atom stereocenters. The highest BCUT2D eigenvalue weighted by Crippen LogP contribution is 2.75. The number of fused-ring (bicyclic) bond motifs is 3. The lowest BCUT2D eigenvalue weighted by atomic mass is 9.53. The van der Waals surface area contributed by atoms with Crippen molar-refractivity contribution in [1.82, 2.24) is 0 Å². The third-order valence-electron chi connectivity index (χ3n) is 8.20. The van der Waals surface area contributed by atoms with Crippen molar-refractivity contribution in [2.75, 3.05) is 0 Å². The number of ketones is 4. The Morgan fingerprint density at radius 2 is 1.33 bits per heavy atom. The van der Waals surface area contributed by atoms with Gasteiger partial charge in [0.05, 0.1) is 5.41 Å². The molecule has 4 rings (SSSR count). The molecule has 36 heavy (non-hydrogen) atoms. The first-order chi connectivity index (χ1) is 16.7. The molecule has 9 nitrogen and oxygen atoms in total. The Labute approximate surface area is 207 Å². The number of carbonyl (C=O) groups excluding carboxylic acids is 4. The van der Waals surface area contributed by atoms with Crippen molar-refractivity contribution >= 4 is 23.1 Å². The summed E-state index contributed by atoms with van der Waals surface area (Å²) in [5, 5.41) is 45.5. The highest BCUT2D eigenvalue weighted by molar-refractivity contribution is 6.36. The smallest absolute Gasteiger partial charge is 0.218 e. The fraction of sp³-hybridized carbons (Fsp3) is 0.407. The Morgan fingerprint density at radius 3 is 1.86 bits per heavy atom. The highest BCUT2D eigenvalue weighted by Gasteiger charge is 2.95. The van der Waals surface area contributed by atoms with Gasteiger partial charge in [-0.2, -0.15) is 0 Å². The van der Waals surface area contributed by atoms with Crippen molar-refractivity contribution in [3.8, 4) is 0 Å². The number of aliphatic hydroxyl groups excluding tert-OH is 2. The van der Waals surface area contributed by atoms with Gasteiger partial charge in [0, 0.05) is 11.5 Å². The lowest BCUT2D eigenvalue weighted by Gasteiger charge is -2.58. The van der Waals surface area contributed by atoms with Gasteiger partial charge in [0.25, 0.3) is 0 Å². The van der Waals surface area contributed by atoms with Crippen LogP contribution in [0.5, 0.6) is 0 Å². The fourth-order valence-corrected chi connectivity index (χ4v) is 6.47. The van der Waals surface area contributed by atoms with Gasteiger partial charge < -0.3 is 25.2 Å². The lowest BCUT2D eigenvalue weighted by molar-refractivity contribution is -0.350. The second-order valence-corrected chi connectivity index (χ2v) is 9.97. The third-order valence-corrected chi connectivity index (χ3v) is 8.20. The minimum atomic E-state index is -3.28. The standard InChI is InChI=1S/C27H28O9/c1-6-8-10-12-14(28)16-18-23(3)20(31)17(15(29)13-11-9-7-2)21(32)26(34)24(4,19(16)30)22(33)25(18,5)36-27(23,26)35/h6-13,18,28-29,34-35H,1-5H3/b8-6+,9-7+,12-10+,13-11+,16-14-,17-15+/t18?,23-,24+,25+,26+,27-/m1/s1. The first kappa shape index (κ1) is 25.7. The van der Waals surface area contributed by atoms with Crippen LogP contribution in [0.15, 0.2) is 71.3 Å². The molecule has 3 bridgehead atoms. The molecule has 2 heterocycles. The van der Waals surface area contributed by atoms with Crippen LogP contribution in [0.3, 0.4) is 0 Å². The molecule has 0 aromatic heterocycles. The van der Waals surface area contributed by atoms with E-state index in [-0.39, 0.29) is 0 Å². The van der Waals surface area contributed by atoms with E-state index in [4.69, 9.17) is 4.74 Å². The van der Waals surface area contributed by atoms with E-state index in [1.165, 1.54) is 31.2 Å². The van der Waals surface area contributed by atoms with Crippen molar-refractivity contribution in [1.29, 1.82) is 0 Å². The van der Waals surface area contributed by atoms with E-state index < -0.39 is 79.5 Å². The fourth-order valence-electron chi connectivity index (χ4n) is 6.47. The molecule has 1 unspecified atom stereocenters. The van der Waals surface area contributed by atoms with Gasteiger partial charge in [-0.1, -0.05) is 36.5 Å². The molecule has 4 fully saturated rings. The van der Waals surface area contributed by atoms with E-state index in [0.717, 1.165) is 19.9 Å². The topological polar surface area (TPSA) is 158 Å². The van der Waals surface area contributed by atoms with Crippen LogP contribution in [-0.4, -0.2) is 60.5 Å². The number of hydrogen-bond donors (Lipinski definition) is 4. The van der Waals surface area contributed by atoms with Crippen molar-refractivity contribution in [2.45, 2.75) is 51.6 Å². The Hall–Kier alpha value is -3.40. The number of carbonyl (C=O) groups is 4. The molecule has 4 N–H and O–H groups in total. The van der Waals surface area contributed by atoms with Gasteiger partial charge in [0.2, 0.25) is 17.2 Å². The average molecular weight is 497 g/mol. The van der Waals surface area contributed by atoms with Crippen molar-refractivity contribution < 1.29 is 44.3 Å². The summed E-state index contributed by atoms with van der Waals surface area (Å²) >= 11 is 0. The van der Waals surface area contributed by atoms with Crippen molar-refractivity contribution in [2.24, 2.45) is 16.7 Å². The van der Waals surface area contributed by atoms with Gasteiger partial charge in [-0.05, 0) is 46.8 Å². The van der Waals surface area contributed by atoms with Crippen molar-refractivity contribution in [3.63, 3.8) is 0 Å². The predicted molar refractivity (Wildman–Crippen MR) is 126 cm³/mol. The molecule has 0 aromatic rings. The quantitative estimate of drug-likeness (QED) is 0.150. The molecule has 4 aliphatic rings. The van der Waals surface area contributed by atoms with Gasteiger partial charge in [-0.3, -0.25) is 19.2 Å². The van der Waals surface area contributed by atoms with Gasteiger partial charge >= 0.3 is 0 Å². The Morgan fingerprint density at radius 1 is 0.806 bits per heavy atom. The maximum atomic E-state index is 14.0. The van der Waals surface area contributed by atoms with Crippen LogP contribution in [0.4, 0.5) is 0 Å². The van der Waals surface area contributed by atoms with Crippen LogP contribution in [0, 0.1) is 16.7 Å². The number of aliphatic hydroxyl groups is 4. The van der Waals surface area contributed by atoms with E-state index in [2.05, 4.69) is 0 Å². The number of rotatable bonds is 4. The Bertz CT molecular complexity index is 1310. The van der Waals surface area contributed by atoms with Gasteiger partial charge in [0.1, 0.15) is 28.1 Å². The van der Waals surface area contributed by atoms with E-state index in [1.807, 2.05) is 0 Å². The summed E-state index contributed by atoms with van der Waals surface area (Å²) in [6.07, 6.45) is 11.3. The Kier molecular flexibility index (Phi) is 5.39. The number of hydrogen-bond acceptors (Lipinski definition) is 9. The number of allylic oxidation sites excluding steroid dienone is 8. The van der Waals surface area contributed by atoms with E-state index in [0.29, 0.717) is 0 Å². The summed E-state index contributed by atoms with van der Waals surface area (Å²) in [7, 11) is 0. The molecule has 190 valence electrons. The lowest BCUT2D eigenvalue weighted by Crippen LogP contribution is -2.82. The van der Waals surface area contributed by atoms with Crippen molar-refractivity contribution in [3.05, 3.63) is 71.3 Å². The molecule has 9 heteroatoms. The van der Waals surface area contributed by atoms with Gasteiger partial charge in [0.15, 0.2) is 17.3 Å². The van der Waals surface area contributed by atoms with Crippen LogP contribution in [-0.2, 0) is 23.9 Å². The molecule has 0 radical (unpaired) electrons. The molecule has 0 spiro atoms. The van der Waals surface area contributed by atoms with Crippen LogP contribution in [0.1, 0.15) is 34.6 Å². The van der Waals surface area contributed by atoms with E-state index in [9.17, 15) is 39.6 Å². The molecule has 2 saturated heterocycles. The number of Topliss-reactive ketones (excluding diaryl/α,β-unsaturated/α-hetero) is 4. The largest absolute Gasteiger partial charge is 0.508 e. The summed E-state index contributed by atoms with van der Waals surface area (Å²) in [5.74, 6) is -10.8. The second-order valence-electron chi connectivity index (χ2n) is 9.97. The third kappa shape index (κ3) is 2.40. The van der Waals surface area contributed by atoms with Crippen LogP contribution >= 0.6 is 0 Å². The summed E-state index contributed by atoms with van der Waals surface area (Å²) < 4.78 is 5.72. The molecular formula is C27H28O9. The first-order valence-electron chi connectivity index (χ1n) is 11.5. The maximum Gasteiger partial charge on any atom is 0.218 e. The zero-order chi connectivity index (χ0) is 27.1. The zero-order valence-corrected chi connectivity index (χ0v) is 20.5. The summed E-state index contributed by atoms with van der Waals surface area (Å²) in [6, 6.07) is 0. The first-order valence-corrected chi connectivity index (χ1v) is 11.5. The van der Waals surface area contributed by atoms with Gasteiger partial charge in [-0.25, -0.2) is 0 Å². The molecular weight excluding hydrogens is 468 g/mol. The normalized spacial score (nSPS) is 44.8.